The number of hydrogen-bond acceptors (Lipinski definition) is 3. The van der Waals surface area contributed by atoms with Crippen LogP contribution in [0.3, 0.4) is 0 Å². The van der Waals surface area contributed by atoms with Gasteiger partial charge in [0.25, 0.3) is 0 Å². The van der Waals surface area contributed by atoms with Crippen molar-refractivity contribution in [2.75, 3.05) is 26.2 Å². The molecule has 0 radical (unpaired) electrons. The van der Waals surface area contributed by atoms with Crippen LogP contribution in [0.15, 0.2) is 0 Å². The van der Waals surface area contributed by atoms with E-state index < -0.39 is 0 Å². The van der Waals surface area contributed by atoms with E-state index in [-0.39, 0.29) is 6.10 Å². The van der Waals surface area contributed by atoms with Crippen molar-refractivity contribution in [3.63, 3.8) is 0 Å². The van der Waals surface area contributed by atoms with Gasteiger partial charge < -0.3 is 10.4 Å². The van der Waals surface area contributed by atoms with Gasteiger partial charge in [0.05, 0.1) is 6.10 Å². The highest BCUT2D eigenvalue weighted by Gasteiger charge is 2.20. The summed E-state index contributed by atoms with van der Waals surface area (Å²) in [7, 11) is 0. The summed E-state index contributed by atoms with van der Waals surface area (Å²) in [5.74, 6) is 0. The summed E-state index contributed by atoms with van der Waals surface area (Å²) >= 11 is 0. The summed E-state index contributed by atoms with van der Waals surface area (Å²) in [5, 5.41) is 12.8. The first kappa shape index (κ1) is 12.0. The van der Waals surface area contributed by atoms with Gasteiger partial charge in [-0.1, -0.05) is 6.92 Å². The molecule has 0 aliphatic carbocycles. The lowest BCUT2D eigenvalue weighted by Crippen LogP contribution is -2.48. The molecule has 2 N–H and O–H groups in total. The van der Waals surface area contributed by atoms with Crippen LogP contribution >= 0.6 is 0 Å². The van der Waals surface area contributed by atoms with Crippen LogP contribution in [0.25, 0.3) is 0 Å². The van der Waals surface area contributed by atoms with Crippen molar-refractivity contribution in [2.24, 2.45) is 0 Å². The van der Waals surface area contributed by atoms with Crippen molar-refractivity contribution in [1.82, 2.24) is 10.2 Å². The van der Waals surface area contributed by atoms with E-state index in [1.807, 2.05) is 6.92 Å². The zero-order chi connectivity index (χ0) is 10.4. The van der Waals surface area contributed by atoms with E-state index in [1.54, 1.807) is 0 Å². The summed E-state index contributed by atoms with van der Waals surface area (Å²) in [6.07, 6.45) is 3.51. The van der Waals surface area contributed by atoms with Crippen LogP contribution in [-0.4, -0.2) is 48.3 Å². The van der Waals surface area contributed by atoms with Crippen LogP contribution < -0.4 is 5.32 Å². The minimum absolute atomic E-state index is 0.205. The van der Waals surface area contributed by atoms with E-state index >= 15 is 0 Å². The van der Waals surface area contributed by atoms with Crippen LogP contribution in [0.4, 0.5) is 0 Å². The largest absolute Gasteiger partial charge is 0.392 e. The Kier molecular flexibility index (Phi) is 5.45. The van der Waals surface area contributed by atoms with Gasteiger partial charge in [-0.05, 0) is 39.3 Å². The molecule has 0 aromatic rings. The van der Waals surface area contributed by atoms with Crippen LogP contribution in [0, 0.1) is 0 Å². The number of rotatable bonds is 5. The smallest absolute Gasteiger partial charge is 0.0639 e. The lowest BCUT2D eigenvalue weighted by atomic mass is 10.1. The third-order valence-electron chi connectivity index (χ3n) is 2.80. The summed E-state index contributed by atoms with van der Waals surface area (Å²) in [6.45, 7) is 8.25. The predicted octanol–water partition coefficient (Wildman–Crippen LogP) is 0.831. The standard InChI is InChI=1S/C11H24N2O/c1-3-7-13(9-10(2)14)11-5-4-6-12-8-11/h10-12,14H,3-9H2,1-2H3. The quantitative estimate of drug-likeness (QED) is 0.690. The molecule has 1 saturated heterocycles. The Morgan fingerprint density at radius 1 is 1.57 bits per heavy atom. The van der Waals surface area contributed by atoms with Crippen LogP contribution in [0.5, 0.6) is 0 Å². The second kappa shape index (κ2) is 6.38. The fraction of sp³-hybridized carbons (Fsp3) is 1.00. The highest BCUT2D eigenvalue weighted by atomic mass is 16.3. The second-order valence-corrected chi connectivity index (χ2v) is 4.34. The number of piperidine rings is 1. The number of aliphatic hydroxyl groups is 1. The molecule has 2 unspecified atom stereocenters. The molecule has 2 atom stereocenters. The maximum atomic E-state index is 9.42. The molecule has 1 fully saturated rings. The van der Waals surface area contributed by atoms with E-state index in [0.717, 1.165) is 26.2 Å². The van der Waals surface area contributed by atoms with Crippen molar-refractivity contribution < 1.29 is 5.11 Å². The molecule has 3 heteroatoms. The van der Waals surface area contributed by atoms with E-state index in [2.05, 4.69) is 17.1 Å². The molecule has 0 spiro atoms. The first-order valence-electron chi connectivity index (χ1n) is 5.87. The van der Waals surface area contributed by atoms with Crippen molar-refractivity contribution in [1.29, 1.82) is 0 Å². The van der Waals surface area contributed by atoms with Gasteiger partial charge in [0.2, 0.25) is 0 Å². The Hall–Kier alpha value is -0.120. The molecule has 0 bridgehead atoms. The third kappa shape index (κ3) is 3.95. The molecule has 84 valence electrons. The highest BCUT2D eigenvalue weighted by Crippen LogP contribution is 2.11. The molecule has 0 aromatic carbocycles. The Morgan fingerprint density at radius 3 is 2.86 bits per heavy atom. The van der Waals surface area contributed by atoms with Gasteiger partial charge in [0, 0.05) is 19.1 Å². The fourth-order valence-electron chi connectivity index (χ4n) is 2.19. The monoisotopic (exact) mass is 200 g/mol. The summed E-state index contributed by atoms with van der Waals surface area (Å²) in [6, 6.07) is 0.637. The van der Waals surface area contributed by atoms with Crippen LogP contribution in [0.1, 0.15) is 33.1 Å². The van der Waals surface area contributed by atoms with Gasteiger partial charge in [-0.15, -0.1) is 0 Å². The molecule has 14 heavy (non-hydrogen) atoms. The van der Waals surface area contributed by atoms with Crippen LogP contribution in [0.2, 0.25) is 0 Å². The number of nitrogens with one attached hydrogen (secondary N) is 1. The van der Waals surface area contributed by atoms with Crippen molar-refractivity contribution in [3.8, 4) is 0 Å². The Labute approximate surface area is 87.5 Å². The first-order chi connectivity index (χ1) is 6.74. The molecular weight excluding hydrogens is 176 g/mol. The molecule has 0 amide bonds. The van der Waals surface area contributed by atoms with Crippen LogP contribution in [-0.2, 0) is 0 Å². The lowest BCUT2D eigenvalue weighted by molar-refractivity contribution is 0.0873. The van der Waals surface area contributed by atoms with E-state index in [4.69, 9.17) is 0 Å². The molecule has 1 rings (SSSR count). The Bertz CT molecular complexity index is 144. The molecule has 0 saturated carbocycles. The van der Waals surface area contributed by atoms with Gasteiger partial charge >= 0.3 is 0 Å². The highest BCUT2D eigenvalue weighted by molar-refractivity contribution is 4.79. The number of nitrogens with zero attached hydrogens (tertiary/aromatic N) is 1. The number of hydrogen-bond donors (Lipinski definition) is 2. The third-order valence-corrected chi connectivity index (χ3v) is 2.80. The van der Waals surface area contributed by atoms with E-state index in [0.29, 0.717) is 6.04 Å². The normalized spacial score (nSPS) is 25.3. The average molecular weight is 200 g/mol. The molecule has 3 nitrogen and oxygen atoms in total. The van der Waals surface area contributed by atoms with Crippen molar-refractivity contribution in [2.45, 2.75) is 45.3 Å². The predicted molar refractivity (Wildman–Crippen MR) is 59.4 cm³/mol. The Balaban J connectivity index is 2.38. The van der Waals surface area contributed by atoms with E-state index in [1.165, 1.54) is 19.3 Å². The molecular formula is C11H24N2O. The minimum Gasteiger partial charge on any atom is -0.392 e. The molecule has 1 heterocycles. The second-order valence-electron chi connectivity index (χ2n) is 4.34. The molecule has 1 aliphatic heterocycles. The maximum absolute atomic E-state index is 9.42. The lowest BCUT2D eigenvalue weighted by Gasteiger charge is -2.35. The zero-order valence-electron chi connectivity index (χ0n) is 9.50. The summed E-state index contributed by atoms with van der Waals surface area (Å²) in [5.41, 5.74) is 0. The van der Waals surface area contributed by atoms with Crippen molar-refractivity contribution >= 4 is 0 Å². The van der Waals surface area contributed by atoms with Gasteiger partial charge in [-0.25, -0.2) is 0 Å². The molecule has 1 aliphatic rings. The van der Waals surface area contributed by atoms with Gasteiger partial charge in [-0.3, -0.25) is 4.90 Å². The maximum Gasteiger partial charge on any atom is 0.0639 e. The van der Waals surface area contributed by atoms with Gasteiger partial charge in [0.1, 0.15) is 0 Å². The Morgan fingerprint density at radius 2 is 2.36 bits per heavy atom. The SMILES string of the molecule is CCCN(CC(C)O)C1CCCNC1. The first-order valence-corrected chi connectivity index (χ1v) is 5.87. The minimum atomic E-state index is -0.205. The fourth-order valence-corrected chi connectivity index (χ4v) is 2.19. The van der Waals surface area contributed by atoms with Gasteiger partial charge in [-0.2, -0.15) is 0 Å². The average Bonchev–Trinajstić information content (AvgIpc) is 2.18. The number of aliphatic hydroxyl groups excluding tert-OH is 1. The van der Waals surface area contributed by atoms with Gasteiger partial charge in [0.15, 0.2) is 0 Å². The summed E-state index contributed by atoms with van der Waals surface area (Å²) in [4.78, 5) is 2.43. The summed E-state index contributed by atoms with van der Waals surface area (Å²) < 4.78 is 0. The molecule has 0 aromatic heterocycles. The van der Waals surface area contributed by atoms with E-state index in [9.17, 15) is 5.11 Å². The topological polar surface area (TPSA) is 35.5 Å². The van der Waals surface area contributed by atoms with Crippen molar-refractivity contribution in [3.05, 3.63) is 0 Å². The zero-order valence-corrected chi connectivity index (χ0v) is 9.50.